The molecule has 144 valence electrons. The Morgan fingerprint density at radius 3 is 3.00 bits per heavy atom. The Balaban J connectivity index is 1.36. The van der Waals surface area contributed by atoms with Crippen molar-refractivity contribution in [2.24, 2.45) is 5.41 Å². The molecule has 0 radical (unpaired) electrons. The Morgan fingerprint density at radius 2 is 2.19 bits per heavy atom. The minimum absolute atomic E-state index is 0.0722. The number of aromatic amines is 1. The quantitative estimate of drug-likeness (QED) is 0.875. The monoisotopic (exact) mass is 370 g/mol. The highest BCUT2D eigenvalue weighted by Gasteiger charge is 2.33. The van der Waals surface area contributed by atoms with Crippen molar-refractivity contribution in [2.75, 3.05) is 19.9 Å². The highest BCUT2D eigenvalue weighted by molar-refractivity contribution is 5.76. The van der Waals surface area contributed by atoms with Gasteiger partial charge < -0.3 is 14.4 Å². The molecule has 1 fully saturated rings. The smallest absolute Gasteiger partial charge is 0.231 e. The number of hydrogen-bond acceptors (Lipinski definition) is 5. The molecule has 2 aliphatic heterocycles. The molecule has 1 aromatic heterocycles. The molecule has 4 rings (SSSR count). The molecular formula is C20H26N4O3. The molecule has 0 bridgehead atoms. The van der Waals surface area contributed by atoms with Gasteiger partial charge in [0.15, 0.2) is 17.3 Å². The third-order valence-corrected chi connectivity index (χ3v) is 5.41. The van der Waals surface area contributed by atoms with Gasteiger partial charge in [-0.15, -0.1) is 0 Å². The van der Waals surface area contributed by atoms with Crippen LogP contribution in [-0.2, 0) is 17.6 Å². The van der Waals surface area contributed by atoms with Gasteiger partial charge in [0.25, 0.3) is 0 Å². The van der Waals surface area contributed by atoms with E-state index in [9.17, 15) is 4.79 Å². The van der Waals surface area contributed by atoms with E-state index in [1.54, 1.807) is 0 Å². The van der Waals surface area contributed by atoms with Crippen molar-refractivity contribution in [3.63, 3.8) is 0 Å². The molecule has 0 aliphatic carbocycles. The van der Waals surface area contributed by atoms with Crippen molar-refractivity contribution < 1.29 is 14.3 Å². The molecular weight excluding hydrogens is 344 g/mol. The topological polar surface area (TPSA) is 80.3 Å². The molecule has 0 saturated carbocycles. The number of amides is 1. The van der Waals surface area contributed by atoms with Gasteiger partial charge in [0.05, 0.1) is 0 Å². The van der Waals surface area contributed by atoms with Crippen LogP contribution < -0.4 is 9.47 Å². The lowest BCUT2D eigenvalue weighted by Gasteiger charge is -2.41. The summed E-state index contributed by atoms with van der Waals surface area (Å²) in [6.45, 7) is 6.05. The van der Waals surface area contributed by atoms with E-state index in [4.69, 9.17) is 9.47 Å². The summed E-state index contributed by atoms with van der Waals surface area (Å²) in [5.74, 6) is 3.31. The summed E-state index contributed by atoms with van der Waals surface area (Å²) < 4.78 is 10.9. The van der Waals surface area contributed by atoms with E-state index >= 15 is 0 Å². The van der Waals surface area contributed by atoms with E-state index in [2.05, 4.69) is 34.2 Å². The first-order chi connectivity index (χ1) is 13.0. The molecule has 7 nitrogen and oxygen atoms in total. The lowest BCUT2D eigenvalue weighted by Crippen LogP contribution is -2.45. The fourth-order valence-electron chi connectivity index (χ4n) is 4.09. The zero-order chi connectivity index (χ0) is 18.9. The summed E-state index contributed by atoms with van der Waals surface area (Å²) in [6, 6.07) is 6.15. The number of aryl methyl sites for hydroxylation is 2. The Morgan fingerprint density at radius 1 is 1.33 bits per heavy atom. The van der Waals surface area contributed by atoms with Gasteiger partial charge in [0.1, 0.15) is 5.82 Å². The van der Waals surface area contributed by atoms with Crippen molar-refractivity contribution in [2.45, 2.75) is 46.0 Å². The average molecular weight is 370 g/mol. The predicted octanol–water partition coefficient (Wildman–Crippen LogP) is 2.65. The molecule has 27 heavy (non-hydrogen) atoms. The van der Waals surface area contributed by atoms with Crippen molar-refractivity contribution in [3.8, 4) is 11.5 Å². The van der Waals surface area contributed by atoms with Crippen LogP contribution in [0.15, 0.2) is 18.2 Å². The van der Waals surface area contributed by atoms with E-state index in [1.165, 1.54) is 5.56 Å². The molecule has 1 aromatic carbocycles. The van der Waals surface area contributed by atoms with Crippen LogP contribution in [0.1, 0.15) is 43.4 Å². The zero-order valence-electron chi connectivity index (χ0n) is 16.0. The van der Waals surface area contributed by atoms with Gasteiger partial charge in [-0.25, -0.2) is 4.98 Å². The number of benzene rings is 1. The van der Waals surface area contributed by atoms with Crippen LogP contribution in [0.25, 0.3) is 0 Å². The van der Waals surface area contributed by atoms with Crippen LogP contribution in [0, 0.1) is 12.3 Å². The lowest BCUT2D eigenvalue weighted by molar-refractivity contribution is -0.134. The summed E-state index contributed by atoms with van der Waals surface area (Å²) in [5.41, 5.74) is 1.30. The highest BCUT2D eigenvalue weighted by atomic mass is 16.7. The summed E-state index contributed by atoms with van der Waals surface area (Å²) >= 11 is 0. The van der Waals surface area contributed by atoms with Crippen molar-refractivity contribution in [3.05, 3.63) is 35.4 Å². The predicted molar refractivity (Wildman–Crippen MR) is 99.6 cm³/mol. The molecule has 1 atom stereocenters. The Hall–Kier alpha value is -2.57. The maximum absolute atomic E-state index is 12.7. The molecule has 1 amide bonds. The number of hydrogen-bond donors (Lipinski definition) is 1. The molecule has 0 spiro atoms. The largest absolute Gasteiger partial charge is 0.454 e. The van der Waals surface area contributed by atoms with Gasteiger partial charge in [-0.05, 0) is 49.3 Å². The number of nitrogens with one attached hydrogen (secondary N) is 1. The van der Waals surface area contributed by atoms with Gasteiger partial charge in [-0.3, -0.25) is 9.89 Å². The second-order valence-electron chi connectivity index (χ2n) is 7.93. The van der Waals surface area contributed by atoms with Crippen LogP contribution in [0.5, 0.6) is 11.5 Å². The Kier molecular flexibility index (Phi) is 4.76. The van der Waals surface area contributed by atoms with Crippen molar-refractivity contribution >= 4 is 5.91 Å². The average Bonchev–Trinajstić information content (AvgIpc) is 3.27. The van der Waals surface area contributed by atoms with Crippen LogP contribution in [0.4, 0.5) is 0 Å². The van der Waals surface area contributed by atoms with Crippen LogP contribution >= 0.6 is 0 Å². The second-order valence-corrected chi connectivity index (χ2v) is 7.93. The minimum atomic E-state index is 0.0722. The number of piperidine rings is 1. The summed E-state index contributed by atoms with van der Waals surface area (Å²) in [7, 11) is 0. The summed E-state index contributed by atoms with van der Waals surface area (Å²) in [6.07, 6.45) is 4.11. The van der Waals surface area contributed by atoms with Gasteiger partial charge in [0.2, 0.25) is 12.7 Å². The first-order valence-corrected chi connectivity index (χ1v) is 9.55. The van der Waals surface area contributed by atoms with E-state index in [1.807, 2.05) is 17.9 Å². The normalized spacial score (nSPS) is 21.5. The third kappa shape index (κ3) is 4.07. The number of nitrogens with zero attached hydrogens (tertiary/aromatic N) is 3. The number of rotatable bonds is 5. The Bertz CT molecular complexity index is 834. The SMILES string of the molecule is Cc1nc(CCC(=O)N2CCCC(C)(Cc3ccc4c(c3)OCO4)C2)n[nH]1. The van der Waals surface area contributed by atoms with E-state index in [-0.39, 0.29) is 11.3 Å². The number of carbonyl (C=O) groups excluding carboxylic acids is 1. The standard InChI is InChI=1S/C20H26N4O3/c1-14-21-18(23-22-14)6-7-19(25)24-9-3-8-20(2,12-24)11-15-4-5-16-17(10-15)27-13-26-16/h4-5,10H,3,6-9,11-13H2,1-2H3,(H,21,22,23). The van der Waals surface area contributed by atoms with Crippen LogP contribution in [0.3, 0.4) is 0 Å². The van der Waals surface area contributed by atoms with E-state index in [0.717, 1.165) is 49.7 Å². The number of ether oxygens (including phenoxy) is 2. The first kappa shape index (κ1) is 17.8. The zero-order valence-corrected chi connectivity index (χ0v) is 16.0. The van der Waals surface area contributed by atoms with Crippen molar-refractivity contribution in [1.82, 2.24) is 20.1 Å². The van der Waals surface area contributed by atoms with Crippen molar-refractivity contribution in [1.29, 1.82) is 0 Å². The maximum Gasteiger partial charge on any atom is 0.231 e. The van der Waals surface area contributed by atoms with E-state index in [0.29, 0.717) is 25.5 Å². The van der Waals surface area contributed by atoms with Gasteiger partial charge >= 0.3 is 0 Å². The fourth-order valence-corrected chi connectivity index (χ4v) is 4.09. The third-order valence-electron chi connectivity index (χ3n) is 5.41. The molecule has 1 N–H and O–H groups in total. The summed E-state index contributed by atoms with van der Waals surface area (Å²) in [4.78, 5) is 19.0. The second kappa shape index (κ2) is 7.21. The first-order valence-electron chi connectivity index (χ1n) is 9.55. The minimum Gasteiger partial charge on any atom is -0.454 e. The number of fused-ring (bicyclic) bond motifs is 1. The molecule has 7 heteroatoms. The maximum atomic E-state index is 12.7. The number of H-pyrrole nitrogens is 1. The molecule has 2 aliphatic rings. The molecule has 3 heterocycles. The number of likely N-dealkylation sites (tertiary alicyclic amines) is 1. The van der Waals surface area contributed by atoms with Gasteiger partial charge in [-0.2, -0.15) is 5.10 Å². The van der Waals surface area contributed by atoms with Crippen LogP contribution in [0.2, 0.25) is 0 Å². The highest BCUT2D eigenvalue weighted by Crippen LogP contribution is 2.37. The van der Waals surface area contributed by atoms with Gasteiger partial charge in [0, 0.05) is 25.9 Å². The Labute approximate surface area is 159 Å². The number of carbonyl (C=O) groups is 1. The summed E-state index contributed by atoms with van der Waals surface area (Å²) in [5, 5.41) is 6.94. The van der Waals surface area contributed by atoms with Gasteiger partial charge in [-0.1, -0.05) is 13.0 Å². The number of aromatic nitrogens is 3. The van der Waals surface area contributed by atoms with Crippen LogP contribution in [-0.4, -0.2) is 45.9 Å². The van der Waals surface area contributed by atoms with E-state index < -0.39 is 0 Å². The molecule has 1 unspecified atom stereocenters. The molecule has 2 aromatic rings. The lowest BCUT2D eigenvalue weighted by atomic mass is 9.77. The fraction of sp³-hybridized carbons (Fsp3) is 0.550. The molecule has 1 saturated heterocycles.